The Labute approximate surface area is 220 Å². The zero-order valence-electron chi connectivity index (χ0n) is 21.1. The smallest absolute Gasteiger partial charge is 0.497 e. The molecule has 4 rings (SSSR count). The number of quaternary nitrogens is 1. The van der Waals surface area contributed by atoms with Crippen molar-refractivity contribution in [2.75, 3.05) is 33.8 Å². The predicted octanol–water partition coefficient (Wildman–Crippen LogP) is 3.32. The van der Waals surface area contributed by atoms with Gasteiger partial charge in [-0.3, -0.25) is 14.9 Å². The molecule has 0 aromatic heterocycles. The van der Waals surface area contributed by atoms with Crippen LogP contribution in [0.4, 0.5) is 10.5 Å². The molecule has 2 N–H and O–H groups in total. The van der Waals surface area contributed by atoms with Crippen LogP contribution in [0.1, 0.15) is 24.0 Å². The fraction of sp³-hybridized carbons (Fsp3) is 0.462. The third kappa shape index (κ3) is 6.23. The molecule has 0 bridgehead atoms. The molecule has 11 heteroatoms. The van der Waals surface area contributed by atoms with Crippen LogP contribution in [0.3, 0.4) is 0 Å². The number of likely N-dealkylation sites (N-methyl/N-ethyl adjacent to an activating group) is 1. The second-order valence-corrected chi connectivity index (χ2v) is 11.1. The number of benzene rings is 2. The van der Waals surface area contributed by atoms with Gasteiger partial charge in [0.25, 0.3) is 11.6 Å². The molecular weight excluding hydrogens is 496 g/mol. The average Bonchev–Trinajstić information content (AvgIpc) is 3.49. The number of nitrogens with zero attached hydrogens (tertiary/aromatic N) is 3. The van der Waals surface area contributed by atoms with Crippen molar-refractivity contribution in [3.05, 3.63) is 69.8 Å². The first kappa shape index (κ1) is 26.9. The fourth-order valence-electron chi connectivity index (χ4n) is 4.91. The number of nitro benzene ring substituents is 1. The fourth-order valence-corrected chi connectivity index (χ4v) is 6.27. The summed E-state index contributed by atoms with van der Waals surface area (Å²) in [6.07, 6.45) is 0.837. The summed E-state index contributed by atoms with van der Waals surface area (Å²) < 4.78 is 10.7. The number of thioether (sulfide) groups is 1. The van der Waals surface area contributed by atoms with Gasteiger partial charge < -0.3 is 20.1 Å². The van der Waals surface area contributed by atoms with Crippen molar-refractivity contribution in [3.8, 4) is 5.75 Å². The Morgan fingerprint density at radius 2 is 1.84 bits per heavy atom. The number of carbonyl (C=O) groups excluding carboxylic acids is 2. The van der Waals surface area contributed by atoms with Gasteiger partial charge in [0.2, 0.25) is 0 Å². The number of nitrogens with two attached hydrogens (primary N) is 1. The zero-order chi connectivity index (χ0) is 26.6. The highest BCUT2D eigenvalue weighted by Gasteiger charge is 2.55. The number of amides is 2. The Balaban J connectivity index is 1.45. The summed E-state index contributed by atoms with van der Waals surface area (Å²) in [7, 11) is 3.40. The molecule has 2 aromatic rings. The molecular formula is C26H33N4O6S+. The van der Waals surface area contributed by atoms with Crippen LogP contribution in [-0.2, 0) is 21.9 Å². The highest BCUT2D eigenvalue weighted by Crippen LogP contribution is 2.36. The van der Waals surface area contributed by atoms with E-state index in [1.54, 1.807) is 43.0 Å². The van der Waals surface area contributed by atoms with Crippen molar-refractivity contribution in [2.24, 2.45) is 5.73 Å². The van der Waals surface area contributed by atoms with Gasteiger partial charge in [-0.05, 0) is 41.8 Å². The number of nitro groups is 1. The first-order valence-electron chi connectivity index (χ1n) is 12.2. The van der Waals surface area contributed by atoms with E-state index in [0.29, 0.717) is 31.6 Å². The maximum Gasteiger partial charge on any atom is 0.516 e. The molecule has 37 heavy (non-hydrogen) atoms. The molecule has 2 saturated heterocycles. The second-order valence-electron chi connectivity index (χ2n) is 9.79. The Kier molecular flexibility index (Phi) is 8.35. The summed E-state index contributed by atoms with van der Waals surface area (Å²) in [6, 6.07) is 13.2. The first-order valence-corrected chi connectivity index (χ1v) is 13.3. The van der Waals surface area contributed by atoms with Crippen LogP contribution in [-0.4, -0.2) is 77.4 Å². The number of carbonyl (C=O) groups is 2. The molecule has 2 fully saturated rings. The Bertz CT molecular complexity index is 1130. The summed E-state index contributed by atoms with van der Waals surface area (Å²) in [4.78, 5) is 39.1. The van der Waals surface area contributed by atoms with E-state index in [1.165, 1.54) is 12.1 Å². The zero-order valence-corrected chi connectivity index (χ0v) is 21.9. The van der Waals surface area contributed by atoms with E-state index in [0.717, 1.165) is 23.5 Å². The number of hydrogen-bond acceptors (Lipinski definition) is 8. The number of hydrogen-bond donors (Lipinski definition) is 1. The highest BCUT2D eigenvalue weighted by molar-refractivity contribution is 7.99. The number of non-ortho nitro benzene ring substituents is 1. The summed E-state index contributed by atoms with van der Waals surface area (Å²) in [5.41, 5.74) is 7.80. The minimum absolute atomic E-state index is 0.0240. The van der Waals surface area contributed by atoms with Gasteiger partial charge in [-0.2, -0.15) is 4.79 Å². The molecule has 0 saturated carbocycles. The predicted molar refractivity (Wildman–Crippen MR) is 140 cm³/mol. The first-order chi connectivity index (χ1) is 17.7. The summed E-state index contributed by atoms with van der Waals surface area (Å²) in [6.45, 7) is 1.54. The lowest BCUT2D eigenvalue weighted by Gasteiger charge is -2.33. The van der Waals surface area contributed by atoms with Crippen LogP contribution >= 0.6 is 11.8 Å². The lowest BCUT2D eigenvalue weighted by atomic mass is 10.1. The summed E-state index contributed by atoms with van der Waals surface area (Å²) in [5, 5.41) is 11.0. The van der Waals surface area contributed by atoms with Gasteiger partial charge in [-0.15, -0.1) is 11.8 Å². The van der Waals surface area contributed by atoms with Crippen LogP contribution in [0.25, 0.3) is 0 Å². The van der Waals surface area contributed by atoms with Gasteiger partial charge in [-0.25, -0.2) is 4.48 Å². The van der Waals surface area contributed by atoms with Crippen LogP contribution in [0.15, 0.2) is 48.5 Å². The number of ether oxygens (including phenoxy) is 2. The SMILES string of the molecule is COc1ccc(CS[C@H]2C[C@@H](C(=O)N3CC[C@H](N)C3)[N+](C)(C(=O)OCc3ccc([N+](=O)[O-])cc3)C2)cc1. The molecule has 198 valence electrons. The topological polar surface area (TPSA) is 125 Å². The van der Waals surface area contributed by atoms with E-state index in [9.17, 15) is 19.7 Å². The molecule has 1 unspecified atom stereocenters. The van der Waals surface area contributed by atoms with Crippen molar-refractivity contribution in [1.82, 2.24) is 4.90 Å². The third-order valence-corrected chi connectivity index (χ3v) is 8.46. The van der Waals surface area contributed by atoms with Crippen LogP contribution in [0.5, 0.6) is 5.75 Å². The molecule has 10 nitrogen and oxygen atoms in total. The minimum Gasteiger partial charge on any atom is -0.497 e. The van der Waals surface area contributed by atoms with E-state index in [-0.39, 0.29) is 34.0 Å². The molecule has 2 aromatic carbocycles. The Hall–Kier alpha value is -3.15. The van der Waals surface area contributed by atoms with E-state index < -0.39 is 17.1 Å². The number of rotatable bonds is 8. The lowest BCUT2D eigenvalue weighted by molar-refractivity contribution is -0.841. The molecule has 0 spiro atoms. The quantitative estimate of drug-likeness (QED) is 0.314. The van der Waals surface area contributed by atoms with Gasteiger partial charge in [-0.1, -0.05) is 12.1 Å². The van der Waals surface area contributed by atoms with Crippen molar-refractivity contribution in [1.29, 1.82) is 0 Å². The van der Waals surface area contributed by atoms with Crippen LogP contribution < -0.4 is 10.5 Å². The van der Waals surface area contributed by atoms with Crippen molar-refractivity contribution in [3.63, 3.8) is 0 Å². The maximum absolute atomic E-state index is 13.5. The normalized spacial score (nSPS) is 25.2. The Morgan fingerprint density at radius 3 is 2.43 bits per heavy atom. The van der Waals surface area contributed by atoms with Crippen molar-refractivity contribution in [2.45, 2.75) is 42.5 Å². The molecule has 2 amide bonds. The molecule has 2 aliphatic heterocycles. The summed E-state index contributed by atoms with van der Waals surface area (Å²) >= 11 is 1.73. The maximum atomic E-state index is 13.5. The molecule has 4 atom stereocenters. The third-order valence-electron chi connectivity index (χ3n) is 7.15. The molecule has 0 aliphatic carbocycles. The molecule has 2 aliphatic rings. The second kappa shape index (κ2) is 11.5. The van der Waals surface area contributed by atoms with Crippen LogP contribution in [0.2, 0.25) is 0 Å². The summed E-state index contributed by atoms with van der Waals surface area (Å²) in [5.74, 6) is 1.49. The average molecular weight is 530 g/mol. The van der Waals surface area contributed by atoms with E-state index in [1.807, 2.05) is 24.3 Å². The molecule has 2 heterocycles. The van der Waals surface area contributed by atoms with E-state index >= 15 is 0 Å². The van der Waals surface area contributed by atoms with Gasteiger partial charge >= 0.3 is 6.09 Å². The number of likely N-dealkylation sites (tertiary alicyclic amines) is 2. The largest absolute Gasteiger partial charge is 0.516 e. The monoisotopic (exact) mass is 529 g/mol. The number of methoxy groups -OCH3 is 1. The van der Waals surface area contributed by atoms with Crippen molar-refractivity contribution >= 4 is 29.4 Å². The van der Waals surface area contributed by atoms with Gasteiger partial charge in [0.05, 0.1) is 24.3 Å². The van der Waals surface area contributed by atoms with Crippen molar-refractivity contribution < 1.29 is 28.5 Å². The van der Waals surface area contributed by atoms with E-state index in [4.69, 9.17) is 15.2 Å². The van der Waals surface area contributed by atoms with Gasteiger partial charge in [0, 0.05) is 43.4 Å². The molecule has 0 radical (unpaired) electrons. The standard InChI is InChI=1S/C26H33N4O6S/c1-30(26(32)36-16-18-3-7-21(8-4-18)29(33)34)15-23(37-17-19-5-9-22(35-2)10-6-19)13-24(30)25(31)28-12-11-20(27)14-28/h3-10,20,23-24H,11-17,27H2,1-2H3/q+1/t20-,23-,24-,30?/m0/s1. The minimum atomic E-state index is -0.553. The lowest BCUT2D eigenvalue weighted by Crippen LogP contribution is -2.59. The van der Waals surface area contributed by atoms with Crippen LogP contribution in [0, 0.1) is 10.1 Å². The van der Waals surface area contributed by atoms with Gasteiger partial charge in [0.1, 0.15) is 18.9 Å². The van der Waals surface area contributed by atoms with E-state index in [2.05, 4.69) is 0 Å². The van der Waals surface area contributed by atoms with Gasteiger partial charge in [0.15, 0.2) is 6.04 Å². The Morgan fingerprint density at radius 1 is 1.16 bits per heavy atom. The highest BCUT2D eigenvalue weighted by atomic mass is 32.2.